The van der Waals surface area contributed by atoms with Crippen molar-refractivity contribution in [3.8, 4) is 11.5 Å². The Hall–Kier alpha value is -4.62. The summed E-state index contributed by atoms with van der Waals surface area (Å²) in [6, 6.07) is 18.9. The molecule has 1 fully saturated rings. The molecule has 12 nitrogen and oxygen atoms in total. The maximum absolute atomic E-state index is 14.8. The topological polar surface area (TPSA) is 148 Å². The molecule has 0 saturated heterocycles. The fourth-order valence-electron chi connectivity index (χ4n) is 10.9. The van der Waals surface area contributed by atoms with Crippen molar-refractivity contribution in [3.05, 3.63) is 96.1 Å². The van der Waals surface area contributed by atoms with Crippen LogP contribution in [0.3, 0.4) is 0 Å². The monoisotopic (exact) mass is 972 g/mol. The predicted molar refractivity (Wildman–Crippen MR) is 274 cm³/mol. The number of fused-ring (bicyclic) bond motifs is 3. The van der Waals surface area contributed by atoms with E-state index in [-0.39, 0.29) is 63.0 Å². The summed E-state index contributed by atoms with van der Waals surface area (Å²) in [6.07, 6.45) is 19.6. The molecule has 1 heterocycles. The van der Waals surface area contributed by atoms with Crippen molar-refractivity contribution in [2.24, 2.45) is 22.9 Å². The molecule has 3 aromatic carbocycles. The van der Waals surface area contributed by atoms with Gasteiger partial charge in [-0.1, -0.05) is 137 Å². The van der Waals surface area contributed by atoms with Crippen LogP contribution in [0.2, 0.25) is 0 Å². The third-order valence-corrected chi connectivity index (χ3v) is 14.2. The molecule has 3 N–H and O–H groups in total. The van der Waals surface area contributed by atoms with Gasteiger partial charge in [-0.15, -0.1) is 18.2 Å². The van der Waals surface area contributed by atoms with E-state index in [0.717, 1.165) is 72.4 Å². The first-order chi connectivity index (χ1) is 33.8. The summed E-state index contributed by atoms with van der Waals surface area (Å²) in [7, 11) is 0. The Morgan fingerprint density at radius 2 is 1.64 bits per heavy atom. The van der Waals surface area contributed by atoms with Crippen molar-refractivity contribution >= 4 is 40.3 Å². The Kier molecular flexibility index (Phi) is 22.0. The van der Waals surface area contributed by atoms with Gasteiger partial charge in [0, 0.05) is 37.7 Å². The number of carbonyl (C=O) groups is 2. The van der Waals surface area contributed by atoms with Gasteiger partial charge < -0.3 is 39.3 Å². The number of aliphatic hydroxyl groups is 2. The van der Waals surface area contributed by atoms with Crippen LogP contribution in [0.5, 0.6) is 11.5 Å². The SMILES string of the molecule is C=CCO[C@@]12Oc3ccc(OC(=O)NCCCCCCCCCCCC)cc3[C@H]3[C@H](CCCCO)[C@@H](CCCCO)C=C(C(=NOCC)C[C@@H]1N(Cc1cccc4ccccc14)C(=O)OCCCl)[C@H]32. The van der Waals surface area contributed by atoms with Gasteiger partial charge in [0.25, 0.3) is 0 Å². The van der Waals surface area contributed by atoms with E-state index >= 15 is 0 Å². The predicted octanol–water partition coefficient (Wildman–Crippen LogP) is 12.4. The molecule has 6 atom stereocenters. The third-order valence-electron chi connectivity index (χ3n) is 14.1. The van der Waals surface area contributed by atoms with Crippen molar-refractivity contribution < 1.29 is 43.6 Å². The quantitative estimate of drug-likeness (QED) is 0.0257. The summed E-state index contributed by atoms with van der Waals surface area (Å²) < 4.78 is 26.5. The van der Waals surface area contributed by atoms with Crippen LogP contribution >= 0.6 is 11.6 Å². The normalized spacial score (nSPS) is 22.0. The molecule has 3 aromatic rings. The number of allylic oxidation sites excluding steroid dienone is 1. The maximum Gasteiger partial charge on any atom is 0.412 e. The van der Waals surface area contributed by atoms with Crippen LogP contribution in [0.15, 0.2) is 90.1 Å². The molecule has 13 heteroatoms. The van der Waals surface area contributed by atoms with Crippen LogP contribution in [-0.4, -0.2) is 90.3 Å². The van der Waals surface area contributed by atoms with Crippen LogP contribution in [0, 0.1) is 17.8 Å². The number of carbonyl (C=O) groups excluding carboxylic acids is 2. The second-order valence-corrected chi connectivity index (χ2v) is 19.1. The van der Waals surface area contributed by atoms with E-state index in [2.05, 4.69) is 43.1 Å². The first-order valence-electron chi connectivity index (χ1n) is 26.0. The molecule has 378 valence electrons. The molecule has 0 bridgehead atoms. The summed E-state index contributed by atoms with van der Waals surface area (Å²) in [6.45, 7) is 9.46. The molecule has 3 aliphatic rings. The number of aliphatic hydroxyl groups excluding tert-OH is 2. The molecule has 6 rings (SSSR count). The van der Waals surface area contributed by atoms with Gasteiger partial charge in [0.1, 0.15) is 30.8 Å². The number of ether oxygens (including phenoxy) is 4. The lowest BCUT2D eigenvalue weighted by atomic mass is 9.55. The molecule has 0 unspecified atom stereocenters. The van der Waals surface area contributed by atoms with E-state index in [0.29, 0.717) is 43.2 Å². The number of halogens is 1. The van der Waals surface area contributed by atoms with E-state index in [1.165, 1.54) is 44.9 Å². The summed E-state index contributed by atoms with van der Waals surface area (Å²) in [5.41, 5.74) is 3.35. The smallest absolute Gasteiger partial charge is 0.412 e. The number of alkyl halides is 1. The Bertz CT molecular complexity index is 2140. The van der Waals surface area contributed by atoms with E-state index < -0.39 is 29.9 Å². The number of amides is 2. The van der Waals surface area contributed by atoms with Crippen LogP contribution in [0.4, 0.5) is 9.59 Å². The molecule has 0 aromatic heterocycles. The lowest BCUT2D eigenvalue weighted by molar-refractivity contribution is -0.256. The first-order valence-corrected chi connectivity index (χ1v) is 26.5. The number of rotatable bonds is 30. The number of nitrogens with one attached hydrogen (secondary N) is 1. The highest BCUT2D eigenvalue weighted by atomic mass is 35.5. The zero-order valence-electron chi connectivity index (χ0n) is 41.2. The zero-order chi connectivity index (χ0) is 48.9. The highest BCUT2D eigenvalue weighted by molar-refractivity contribution is 6.18. The fraction of sp³-hybridized carbons (Fsp3) is 0.589. The first kappa shape index (κ1) is 53.7. The Labute approximate surface area is 415 Å². The number of oxime groups is 1. The Morgan fingerprint density at radius 1 is 0.913 bits per heavy atom. The third kappa shape index (κ3) is 14.0. The van der Waals surface area contributed by atoms with Crippen molar-refractivity contribution in [2.45, 2.75) is 147 Å². The van der Waals surface area contributed by atoms with Gasteiger partial charge in [-0.05, 0) is 91.0 Å². The molecule has 0 spiro atoms. The number of unbranched alkanes of at least 4 members (excludes halogenated alkanes) is 11. The van der Waals surface area contributed by atoms with E-state index in [1.807, 2.05) is 43.3 Å². The highest BCUT2D eigenvalue weighted by Gasteiger charge is 2.65. The van der Waals surface area contributed by atoms with Crippen LogP contribution in [-0.2, 0) is 20.9 Å². The highest BCUT2D eigenvalue weighted by Crippen LogP contribution is 2.62. The van der Waals surface area contributed by atoms with Crippen LogP contribution in [0.1, 0.15) is 140 Å². The average molecular weight is 973 g/mol. The van der Waals surface area contributed by atoms with Gasteiger partial charge in [0.05, 0.1) is 30.7 Å². The van der Waals surface area contributed by atoms with Crippen LogP contribution in [0.25, 0.3) is 10.8 Å². The van der Waals surface area contributed by atoms with Crippen molar-refractivity contribution in [3.63, 3.8) is 0 Å². The molecule has 69 heavy (non-hydrogen) atoms. The lowest BCUT2D eigenvalue weighted by Crippen LogP contribution is -2.70. The van der Waals surface area contributed by atoms with Crippen molar-refractivity contribution in [1.29, 1.82) is 0 Å². The van der Waals surface area contributed by atoms with Gasteiger partial charge in [-0.25, -0.2) is 9.59 Å². The van der Waals surface area contributed by atoms with Gasteiger partial charge in [-0.2, -0.15) is 0 Å². The minimum absolute atomic E-state index is 0.00148. The average Bonchev–Trinajstić information content (AvgIpc) is 3.36. The molecule has 1 saturated carbocycles. The second-order valence-electron chi connectivity index (χ2n) is 18.8. The summed E-state index contributed by atoms with van der Waals surface area (Å²) in [5, 5.41) is 29.8. The van der Waals surface area contributed by atoms with Gasteiger partial charge >= 0.3 is 12.2 Å². The number of hydrogen-bond donors (Lipinski definition) is 3. The number of benzene rings is 3. The molecule has 1 aliphatic heterocycles. The van der Waals surface area contributed by atoms with Crippen molar-refractivity contribution in [2.75, 3.05) is 45.5 Å². The molecule has 2 amide bonds. The molecular formula is C56H78ClN3O9. The maximum atomic E-state index is 14.8. The summed E-state index contributed by atoms with van der Waals surface area (Å²) in [4.78, 5) is 35.8. The standard InChI is InChI=1S/C56H78ClN3O9/c1-4-7-8-9-10-11-12-13-14-19-32-58-54(63)68-44-29-30-50-48(38-44)52-46(28-18-21-34-62)42(24-17-20-33-61)37-47-49(59-67-6-3)39-51(56(69-50,53(47)52)66-35-5-2)60(55(64)65-36-31-57)40-43-26-22-25-41-23-15-16-27-45(41)43/h5,15-16,22-23,25-27,29-30,37-38,42,46,51-53,61-62H,2,4,6-14,17-21,24,28,31-36,39-40H2,1,3H3,(H,58,63)/t42-,46+,51-,52+,53+,56+/m0/s1. The fourth-order valence-corrected chi connectivity index (χ4v) is 11.0. The van der Waals surface area contributed by atoms with E-state index in [4.69, 9.17) is 40.5 Å². The van der Waals surface area contributed by atoms with Crippen molar-refractivity contribution in [1.82, 2.24) is 10.2 Å². The largest absolute Gasteiger partial charge is 0.459 e. The lowest BCUT2D eigenvalue weighted by Gasteiger charge is -2.59. The summed E-state index contributed by atoms with van der Waals surface area (Å²) in [5.74, 6) is -1.28. The Balaban J connectivity index is 1.42. The molecule has 0 radical (unpaired) electrons. The molecular weight excluding hydrogens is 894 g/mol. The Morgan fingerprint density at radius 3 is 2.36 bits per heavy atom. The number of nitrogens with zero attached hydrogens (tertiary/aromatic N) is 2. The van der Waals surface area contributed by atoms with E-state index in [1.54, 1.807) is 17.0 Å². The minimum atomic E-state index is -1.51. The van der Waals surface area contributed by atoms with Gasteiger partial charge in [0.2, 0.25) is 5.79 Å². The van der Waals surface area contributed by atoms with Gasteiger partial charge in [0.15, 0.2) is 0 Å². The summed E-state index contributed by atoms with van der Waals surface area (Å²) >= 11 is 6.16. The zero-order valence-corrected chi connectivity index (χ0v) is 42.0. The van der Waals surface area contributed by atoms with Crippen LogP contribution < -0.4 is 14.8 Å². The molecule has 2 aliphatic carbocycles. The second kappa shape index (κ2) is 28.3. The minimum Gasteiger partial charge on any atom is -0.459 e. The number of hydrogen-bond acceptors (Lipinski definition) is 10. The van der Waals surface area contributed by atoms with E-state index in [9.17, 15) is 19.8 Å². The van der Waals surface area contributed by atoms with Gasteiger partial charge in [-0.3, -0.25) is 4.90 Å².